The molecule has 0 aromatic heterocycles. The predicted molar refractivity (Wildman–Crippen MR) is 99.0 cm³/mol. The maximum atomic E-state index is 12.9. The zero-order valence-electron chi connectivity index (χ0n) is 15.2. The number of aryl methyl sites for hydroxylation is 1. The van der Waals surface area contributed by atoms with E-state index in [1.807, 2.05) is 25.1 Å². The summed E-state index contributed by atoms with van der Waals surface area (Å²) in [5.74, 6) is -1.96. The van der Waals surface area contributed by atoms with Crippen molar-refractivity contribution in [3.05, 3.63) is 65.7 Å². The van der Waals surface area contributed by atoms with Gasteiger partial charge in [-0.2, -0.15) is 0 Å². The van der Waals surface area contributed by atoms with Gasteiger partial charge in [-0.05, 0) is 31.0 Å². The van der Waals surface area contributed by atoms with Gasteiger partial charge >= 0.3 is 5.97 Å². The van der Waals surface area contributed by atoms with E-state index in [0.717, 1.165) is 11.1 Å². The van der Waals surface area contributed by atoms with Gasteiger partial charge in [0, 0.05) is 0 Å². The Morgan fingerprint density at radius 3 is 2.30 bits per heavy atom. The lowest BCUT2D eigenvalue weighted by Gasteiger charge is -2.43. The monoisotopic (exact) mass is 387 g/mol. The number of sulfonamides is 1. The van der Waals surface area contributed by atoms with Crippen molar-refractivity contribution < 1.29 is 22.7 Å². The Labute approximate surface area is 158 Å². The Kier molecular flexibility index (Phi) is 5.32. The molecule has 2 aromatic rings. The number of nitrogens with zero attached hydrogens (tertiary/aromatic N) is 1. The minimum atomic E-state index is -4.11. The first kappa shape index (κ1) is 19.1. The van der Waals surface area contributed by atoms with Crippen LogP contribution >= 0.6 is 0 Å². The summed E-state index contributed by atoms with van der Waals surface area (Å²) >= 11 is 0. The van der Waals surface area contributed by atoms with Crippen LogP contribution in [0.1, 0.15) is 24.5 Å². The third-order valence-electron chi connectivity index (χ3n) is 4.65. The van der Waals surface area contributed by atoms with Gasteiger partial charge in [-0.15, -0.1) is 0 Å². The van der Waals surface area contributed by atoms with E-state index in [2.05, 4.69) is 0 Å². The van der Waals surface area contributed by atoms with Crippen LogP contribution in [0.5, 0.6) is 0 Å². The second kappa shape index (κ2) is 7.52. The number of hydrogen-bond donors (Lipinski definition) is 0. The van der Waals surface area contributed by atoms with Gasteiger partial charge in [-0.3, -0.25) is 4.79 Å². The molecule has 1 aliphatic heterocycles. The fourth-order valence-electron chi connectivity index (χ4n) is 3.08. The molecule has 1 heterocycles. The molecule has 27 heavy (non-hydrogen) atoms. The summed E-state index contributed by atoms with van der Waals surface area (Å²) in [6.45, 7) is 3.61. The summed E-state index contributed by atoms with van der Waals surface area (Å²) in [4.78, 5) is 25.0. The number of carbonyl (C=O) groups excluding carboxylic acids is 2. The molecule has 0 saturated carbocycles. The molecule has 0 aliphatic carbocycles. The number of β-lactam (4-membered cyclic amide) rings is 1. The second-order valence-electron chi connectivity index (χ2n) is 6.51. The molecule has 0 N–H and O–H groups in total. The van der Waals surface area contributed by atoms with E-state index >= 15 is 0 Å². The largest absolute Gasteiger partial charge is 0.459 e. The quantitative estimate of drug-likeness (QED) is 0.562. The smallest absolute Gasteiger partial charge is 0.331 e. The van der Waals surface area contributed by atoms with Crippen LogP contribution in [0.4, 0.5) is 0 Å². The van der Waals surface area contributed by atoms with Crippen LogP contribution in [-0.2, 0) is 31.0 Å². The minimum absolute atomic E-state index is 0.0168. The molecule has 142 valence electrons. The molecule has 6 nitrogen and oxygen atoms in total. The van der Waals surface area contributed by atoms with E-state index in [1.54, 1.807) is 31.2 Å². The molecule has 2 atom stereocenters. The highest BCUT2D eigenvalue weighted by molar-refractivity contribution is 7.89. The number of ether oxygens (including phenoxy) is 1. The Balaban J connectivity index is 1.82. The normalized spacial score (nSPS) is 19.5. The minimum Gasteiger partial charge on any atom is -0.459 e. The first-order chi connectivity index (χ1) is 12.9. The van der Waals surface area contributed by atoms with Crippen LogP contribution in [0.2, 0.25) is 0 Å². The lowest BCUT2D eigenvalue weighted by atomic mass is 9.88. The molecular weight excluding hydrogens is 366 g/mol. The molecule has 0 radical (unpaired) electrons. The molecule has 0 unspecified atom stereocenters. The van der Waals surface area contributed by atoms with Crippen molar-refractivity contribution in [3.63, 3.8) is 0 Å². The molecule has 1 saturated heterocycles. The van der Waals surface area contributed by atoms with Gasteiger partial charge < -0.3 is 4.74 Å². The molecule has 0 spiro atoms. The fraction of sp³-hybridized carbons (Fsp3) is 0.300. The number of carbonyl (C=O) groups is 2. The molecule has 1 fully saturated rings. The van der Waals surface area contributed by atoms with E-state index in [9.17, 15) is 18.0 Å². The highest BCUT2D eigenvalue weighted by Gasteiger charge is 2.57. The van der Waals surface area contributed by atoms with Crippen molar-refractivity contribution in [1.29, 1.82) is 0 Å². The van der Waals surface area contributed by atoms with Gasteiger partial charge in [0.25, 0.3) is 10.0 Å². The van der Waals surface area contributed by atoms with Crippen LogP contribution < -0.4 is 0 Å². The molecule has 0 bridgehead atoms. The summed E-state index contributed by atoms with van der Waals surface area (Å²) in [7, 11) is -4.11. The van der Waals surface area contributed by atoms with E-state index in [4.69, 9.17) is 4.74 Å². The van der Waals surface area contributed by atoms with E-state index in [0.29, 0.717) is 10.7 Å². The summed E-state index contributed by atoms with van der Waals surface area (Å²) in [6.07, 6.45) is 0.365. The van der Waals surface area contributed by atoms with Crippen LogP contribution in [0.25, 0.3) is 0 Å². The lowest BCUT2D eigenvalue weighted by molar-refractivity contribution is -0.167. The Morgan fingerprint density at radius 1 is 1.07 bits per heavy atom. The first-order valence-corrected chi connectivity index (χ1v) is 10.2. The zero-order chi connectivity index (χ0) is 19.6. The summed E-state index contributed by atoms with van der Waals surface area (Å²) in [5, 5.41) is 0. The van der Waals surface area contributed by atoms with Gasteiger partial charge in [0.1, 0.15) is 6.61 Å². The van der Waals surface area contributed by atoms with Crippen LogP contribution in [0, 0.1) is 12.8 Å². The zero-order valence-corrected chi connectivity index (χ0v) is 16.0. The maximum absolute atomic E-state index is 12.9. The van der Waals surface area contributed by atoms with Crippen LogP contribution in [-0.4, -0.2) is 30.6 Å². The summed E-state index contributed by atoms with van der Waals surface area (Å²) in [5.41, 5.74) is 1.69. The SMILES string of the molecule is CC[C@H]1C(=O)N(S(=O)(=O)c2ccc(C)cc2)[C@@H]1C(=O)OCc1ccccc1. The average molecular weight is 387 g/mol. The molecule has 1 aliphatic rings. The third kappa shape index (κ3) is 3.60. The first-order valence-electron chi connectivity index (χ1n) is 8.71. The van der Waals surface area contributed by atoms with Crippen molar-refractivity contribution in [2.45, 2.75) is 37.8 Å². The number of amides is 1. The standard InChI is InChI=1S/C20H21NO5S/c1-3-17-18(20(23)26-13-15-7-5-4-6-8-15)21(19(17)22)27(24,25)16-11-9-14(2)10-12-16/h4-12,17-18H,3,13H2,1-2H3/t17-,18+/m1/s1. The maximum Gasteiger partial charge on any atom is 0.331 e. The number of hydrogen-bond acceptors (Lipinski definition) is 5. The number of esters is 1. The van der Waals surface area contributed by atoms with E-state index in [1.165, 1.54) is 12.1 Å². The van der Waals surface area contributed by atoms with Crippen LogP contribution in [0.15, 0.2) is 59.5 Å². The molecule has 3 rings (SSSR count). The van der Waals surface area contributed by atoms with Gasteiger partial charge in [0.05, 0.1) is 10.8 Å². The second-order valence-corrected chi connectivity index (χ2v) is 8.32. The van der Waals surface area contributed by atoms with Crippen molar-refractivity contribution in [2.24, 2.45) is 5.92 Å². The van der Waals surface area contributed by atoms with Crippen molar-refractivity contribution in [3.8, 4) is 0 Å². The van der Waals surface area contributed by atoms with Gasteiger partial charge in [0.15, 0.2) is 6.04 Å². The van der Waals surface area contributed by atoms with Gasteiger partial charge in [-0.1, -0.05) is 55.0 Å². The highest BCUT2D eigenvalue weighted by atomic mass is 32.2. The van der Waals surface area contributed by atoms with E-state index in [-0.39, 0.29) is 11.5 Å². The average Bonchev–Trinajstić information content (AvgIpc) is 2.65. The number of rotatable bonds is 6. The summed E-state index contributed by atoms with van der Waals surface area (Å²) in [6, 6.07) is 14.1. The Morgan fingerprint density at radius 2 is 1.70 bits per heavy atom. The van der Waals surface area contributed by atoms with Crippen LogP contribution in [0.3, 0.4) is 0 Å². The predicted octanol–water partition coefficient (Wildman–Crippen LogP) is 2.66. The number of benzene rings is 2. The molecule has 1 amide bonds. The highest BCUT2D eigenvalue weighted by Crippen LogP contribution is 2.36. The fourth-order valence-corrected chi connectivity index (χ4v) is 4.69. The Bertz CT molecular complexity index is 938. The summed E-state index contributed by atoms with van der Waals surface area (Å²) < 4.78 is 31.7. The van der Waals surface area contributed by atoms with Crippen molar-refractivity contribution >= 4 is 21.9 Å². The topological polar surface area (TPSA) is 80.8 Å². The lowest BCUT2D eigenvalue weighted by Crippen LogP contribution is -2.66. The molecule has 2 aromatic carbocycles. The van der Waals surface area contributed by atoms with Crippen molar-refractivity contribution in [2.75, 3.05) is 0 Å². The van der Waals surface area contributed by atoms with Gasteiger partial charge in [-0.25, -0.2) is 17.5 Å². The third-order valence-corrected chi connectivity index (χ3v) is 6.44. The Hall–Kier alpha value is -2.67. The van der Waals surface area contributed by atoms with E-state index < -0.39 is 33.9 Å². The molecule has 7 heteroatoms. The molecular formula is C20H21NO5S. The van der Waals surface area contributed by atoms with Gasteiger partial charge in [0.2, 0.25) is 5.91 Å². The van der Waals surface area contributed by atoms with Crippen molar-refractivity contribution in [1.82, 2.24) is 4.31 Å².